The van der Waals surface area contributed by atoms with E-state index in [-0.39, 0.29) is 11.7 Å². The lowest BCUT2D eigenvalue weighted by Gasteiger charge is -2.23. The van der Waals surface area contributed by atoms with Crippen molar-refractivity contribution in [1.29, 1.82) is 0 Å². The highest BCUT2D eigenvalue weighted by atomic mass is 19.4. The van der Waals surface area contributed by atoms with Crippen molar-refractivity contribution in [1.82, 2.24) is 15.1 Å². The lowest BCUT2D eigenvalue weighted by atomic mass is 10.1. The number of amides is 1. The van der Waals surface area contributed by atoms with Gasteiger partial charge in [-0.1, -0.05) is 6.07 Å². The van der Waals surface area contributed by atoms with Gasteiger partial charge in [0.2, 0.25) is 5.91 Å². The molecule has 2 aliphatic rings. The lowest BCUT2D eigenvalue weighted by Crippen LogP contribution is -2.38. The summed E-state index contributed by atoms with van der Waals surface area (Å²) in [5, 5.41) is 6.00. The molecule has 0 bridgehead atoms. The average Bonchev–Trinajstić information content (AvgIpc) is 2.93. The molecule has 0 radical (unpaired) electrons. The van der Waals surface area contributed by atoms with Crippen molar-refractivity contribution in [2.75, 3.05) is 45.1 Å². The van der Waals surface area contributed by atoms with E-state index in [9.17, 15) is 18.0 Å². The number of nitrogens with zero attached hydrogens (tertiary/aromatic N) is 2. The van der Waals surface area contributed by atoms with Crippen LogP contribution in [-0.4, -0.2) is 55.5 Å². The Morgan fingerprint density at radius 3 is 2.58 bits per heavy atom. The molecule has 2 aromatic rings. The number of halogens is 3. The van der Waals surface area contributed by atoms with Crippen molar-refractivity contribution < 1.29 is 22.7 Å². The maximum absolute atomic E-state index is 13.0. The molecule has 166 valence electrons. The summed E-state index contributed by atoms with van der Waals surface area (Å²) in [5.41, 5.74) is 1.18. The van der Waals surface area contributed by atoms with E-state index in [2.05, 4.69) is 27.5 Å². The number of hydrogen-bond donors (Lipinski definition) is 2. The summed E-state index contributed by atoms with van der Waals surface area (Å²) in [4.78, 5) is 16.8. The van der Waals surface area contributed by atoms with Gasteiger partial charge >= 0.3 is 6.18 Å². The topological polar surface area (TPSA) is 56.8 Å². The van der Waals surface area contributed by atoms with Gasteiger partial charge in [0.25, 0.3) is 0 Å². The molecule has 0 unspecified atom stereocenters. The van der Waals surface area contributed by atoms with E-state index < -0.39 is 11.7 Å². The maximum Gasteiger partial charge on any atom is 0.416 e. The molecule has 4 rings (SSSR count). The summed E-state index contributed by atoms with van der Waals surface area (Å²) < 4.78 is 44.7. The number of ether oxygens (including phenoxy) is 1. The van der Waals surface area contributed by atoms with E-state index in [0.717, 1.165) is 50.3 Å². The van der Waals surface area contributed by atoms with Crippen molar-refractivity contribution in [3.8, 4) is 11.5 Å². The number of nitrogens with one attached hydrogen (secondary N) is 2. The molecule has 2 aromatic carbocycles. The Labute approximate surface area is 179 Å². The molecule has 2 aliphatic heterocycles. The summed E-state index contributed by atoms with van der Waals surface area (Å²) in [6, 6.07) is 8.74. The minimum absolute atomic E-state index is 0.0542. The fourth-order valence-electron chi connectivity index (χ4n) is 3.73. The van der Waals surface area contributed by atoms with Gasteiger partial charge in [-0.3, -0.25) is 9.69 Å². The van der Waals surface area contributed by atoms with Gasteiger partial charge in [0.15, 0.2) is 11.5 Å². The number of benzene rings is 2. The van der Waals surface area contributed by atoms with Crippen LogP contribution in [0.25, 0.3) is 0 Å². The molecule has 1 fully saturated rings. The second-order valence-corrected chi connectivity index (χ2v) is 7.98. The molecule has 0 saturated carbocycles. The van der Waals surface area contributed by atoms with Crippen LogP contribution in [0.1, 0.15) is 17.5 Å². The van der Waals surface area contributed by atoms with Crippen LogP contribution in [0.4, 0.5) is 24.5 Å². The van der Waals surface area contributed by atoms with Gasteiger partial charge < -0.3 is 20.3 Å². The third-order valence-electron chi connectivity index (χ3n) is 5.51. The van der Waals surface area contributed by atoms with Gasteiger partial charge in [0, 0.05) is 19.6 Å². The van der Waals surface area contributed by atoms with E-state index in [4.69, 9.17) is 4.74 Å². The lowest BCUT2D eigenvalue weighted by molar-refractivity contribution is -0.137. The zero-order chi connectivity index (χ0) is 22.0. The minimum Gasteiger partial charge on any atom is -0.453 e. The smallest absolute Gasteiger partial charge is 0.416 e. The van der Waals surface area contributed by atoms with E-state index in [1.807, 2.05) is 6.07 Å². The predicted octanol–water partition coefficient (Wildman–Crippen LogP) is 3.81. The Morgan fingerprint density at radius 2 is 1.81 bits per heavy atom. The van der Waals surface area contributed by atoms with Crippen LogP contribution in [-0.2, 0) is 17.5 Å². The molecule has 2 heterocycles. The Bertz CT molecular complexity index is 964. The monoisotopic (exact) mass is 434 g/mol. The summed E-state index contributed by atoms with van der Waals surface area (Å²) >= 11 is 0. The second-order valence-electron chi connectivity index (χ2n) is 7.98. The fourth-order valence-corrected chi connectivity index (χ4v) is 3.73. The Kier molecular flexibility index (Phi) is 6.06. The first-order chi connectivity index (χ1) is 14.8. The van der Waals surface area contributed by atoms with Gasteiger partial charge in [-0.05, 0) is 62.5 Å². The third-order valence-corrected chi connectivity index (χ3v) is 5.51. The van der Waals surface area contributed by atoms with Crippen LogP contribution >= 0.6 is 0 Å². The van der Waals surface area contributed by atoms with E-state index in [1.165, 1.54) is 6.07 Å². The predicted molar refractivity (Wildman–Crippen MR) is 112 cm³/mol. The first kappa shape index (κ1) is 21.5. The molecule has 2 N–H and O–H groups in total. The van der Waals surface area contributed by atoms with Crippen molar-refractivity contribution in [2.45, 2.75) is 19.1 Å². The average molecular weight is 434 g/mol. The van der Waals surface area contributed by atoms with Crippen LogP contribution in [0.3, 0.4) is 0 Å². The first-order valence-corrected chi connectivity index (χ1v) is 10.2. The zero-order valence-corrected chi connectivity index (χ0v) is 17.3. The van der Waals surface area contributed by atoms with E-state index in [0.29, 0.717) is 30.2 Å². The van der Waals surface area contributed by atoms with Crippen LogP contribution in [0.15, 0.2) is 36.4 Å². The van der Waals surface area contributed by atoms with Crippen LogP contribution in [0, 0.1) is 0 Å². The number of carbonyl (C=O) groups is 1. The fraction of sp³-hybridized carbons (Fsp3) is 0.409. The number of alkyl halides is 3. The summed E-state index contributed by atoms with van der Waals surface area (Å²) in [6.45, 7) is 4.41. The Morgan fingerprint density at radius 1 is 1.06 bits per heavy atom. The molecule has 1 saturated heterocycles. The normalized spacial score (nSPS) is 17.0. The quantitative estimate of drug-likeness (QED) is 0.654. The SMILES string of the molecule is CN1CCCN(CC(=O)NCc2ccc3c(c2)Oc2cc(C(F)(F)F)ccc2N3)CC1. The highest BCUT2D eigenvalue weighted by Crippen LogP contribution is 2.44. The number of hydrogen-bond acceptors (Lipinski definition) is 5. The molecule has 9 heteroatoms. The number of anilines is 2. The summed E-state index contributed by atoms with van der Waals surface area (Å²) in [7, 11) is 2.08. The molecule has 0 aliphatic carbocycles. The number of rotatable bonds is 4. The highest BCUT2D eigenvalue weighted by Gasteiger charge is 2.32. The second kappa shape index (κ2) is 8.76. The highest BCUT2D eigenvalue weighted by molar-refractivity contribution is 5.78. The molecule has 6 nitrogen and oxygen atoms in total. The van der Waals surface area contributed by atoms with Crippen LogP contribution in [0.5, 0.6) is 11.5 Å². The molecule has 0 atom stereocenters. The van der Waals surface area contributed by atoms with Crippen molar-refractivity contribution in [2.24, 2.45) is 0 Å². The summed E-state index contributed by atoms with van der Waals surface area (Å²) in [5.74, 6) is 0.491. The zero-order valence-electron chi connectivity index (χ0n) is 17.3. The first-order valence-electron chi connectivity index (χ1n) is 10.2. The third kappa shape index (κ3) is 5.29. The van der Waals surface area contributed by atoms with Gasteiger partial charge in [-0.15, -0.1) is 0 Å². The summed E-state index contributed by atoms with van der Waals surface area (Å²) in [6.07, 6.45) is -3.40. The van der Waals surface area contributed by atoms with E-state index >= 15 is 0 Å². The molecular weight excluding hydrogens is 409 g/mol. The van der Waals surface area contributed by atoms with Crippen LogP contribution in [0.2, 0.25) is 0 Å². The van der Waals surface area contributed by atoms with Gasteiger partial charge in [0.05, 0.1) is 23.5 Å². The minimum atomic E-state index is -4.44. The Hall–Kier alpha value is -2.78. The number of carbonyl (C=O) groups excluding carboxylic acids is 1. The maximum atomic E-state index is 13.0. The van der Waals surface area contributed by atoms with E-state index in [1.54, 1.807) is 12.1 Å². The number of likely N-dealkylation sites (N-methyl/N-ethyl adjacent to an activating group) is 1. The molecular formula is C22H25F3N4O2. The largest absolute Gasteiger partial charge is 0.453 e. The van der Waals surface area contributed by atoms with Crippen LogP contribution < -0.4 is 15.4 Å². The molecule has 0 aromatic heterocycles. The van der Waals surface area contributed by atoms with Crippen molar-refractivity contribution >= 4 is 17.3 Å². The molecule has 31 heavy (non-hydrogen) atoms. The standard InChI is InChI=1S/C22H25F3N4O2/c1-28-7-2-8-29(10-9-28)14-21(30)26-13-15-3-5-17-19(11-15)31-20-12-16(22(23,24)25)4-6-18(20)27-17/h3-6,11-12,27H,2,7-10,13-14H2,1H3,(H,26,30). The van der Waals surface area contributed by atoms with Gasteiger partial charge in [-0.25, -0.2) is 0 Å². The van der Waals surface area contributed by atoms with Gasteiger partial charge in [0.1, 0.15) is 0 Å². The number of fused-ring (bicyclic) bond motifs is 2. The Balaban J connectivity index is 1.37. The van der Waals surface area contributed by atoms with Crippen molar-refractivity contribution in [3.05, 3.63) is 47.5 Å². The molecule has 0 spiro atoms. The van der Waals surface area contributed by atoms with Gasteiger partial charge in [-0.2, -0.15) is 13.2 Å². The molecule has 1 amide bonds. The van der Waals surface area contributed by atoms with Crippen molar-refractivity contribution in [3.63, 3.8) is 0 Å².